The lowest BCUT2D eigenvalue weighted by Gasteiger charge is -2.30. The number of carbonyl (C=O) groups excluding carboxylic acids is 4. The summed E-state index contributed by atoms with van der Waals surface area (Å²) in [4.78, 5) is 56.3. The van der Waals surface area contributed by atoms with Crippen molar-refractivity contribution in [3.63, 3.8) is 0 Å². The second kappa shape index (κ2) is 14.6. The highest BCUT2D eigenvalue weighted by Gasteiger charge is 2.38. The molecule has 0 radical (unpaired) electrons. The fourth-order valence-corrected chi connectivity index (χ4v) is 4.25. The number of likely N-dealkylation sites (tertiary alicyclic amines) is 1. The summed E-state index contributed by atoms with van der Waals surface area (Å²) in [5.74, 6) is -1.86. The van der Waals surface area contributed by atoms with Crippen LogP contribution in [0, 0.1) is 0 Å². The Balaban J connectivity index is 2.11. The summed E-state index contributed by atoms with van der Waals surface area (Å²) < 4.78 is 0. The van der Waals surface area contributed by atoms with Crippen molar-refractivity contribution in [2.75, 3.05) is 24.7 Å². The lowest BCUT2D eigenvalue weighted by Crippen LogP contribution is -2.56. The molecular formula is C23H33ClN6O4S. The fourth-order valence-electron chi connectivity index (χ4n) is 3.97. The molecule has 1 fully saturated rings. The number of halogens is 1. The molecule has 192 valence electrons. The third-order valence-corrected chi connectivity index (χ3v) is 6.23. The van der Waals surface area contributed by atoms with Gasteiger partial charge in [-0.2, -0.15) is 12.6 Å². The Morgan fingerprint density at radius 1 is 1.14 bits per heavy atom. The van der Waals surface area contributed by atoms with Crippen LogP contribution in [0.1, 0.15) is 31.2 Å². The van der Waals surface area contributed by atoms with Crippen LogP contribution < -0.4 is 22.1 Å². The van der Waals surface area contributed by atoms with Crippen molar-refractivity contribution >= 4 is 53.7 Å². The smallest absolute Gasteiger partial charge is 0.246 e. The van der Waals surface area contributed by atoms with E-state index in [-0.39, 0.29) is 41.6 Å². The highest BCUT2D eigenvalue weighted by Crippen LogP contribution is 2.20. The van der Waals surface area contributed by atoms with Gasteiger partial charge in [0.2, 0.25) is 17.7 Å². The molecule has 0 spiro atoms. The number of benzene rings is 1. The predicted octanol–water partition coefficient (Wildman–Crippen LogP) is -0.0190. The van der Waals surface area contributed by atoms with Crippen molar-refractivity contribution in [1.29, 1.82) is 0 Å². The zero-order valence-electron chi connectivity index (χ0n) is 19.5. The molecule has 10 nitrogen and oxygen atoms in total. The van der Waals surface area contributed by atoms with Gasteiger partial charge in [0.1, 0.15) is 12.1 Å². The largest absolute Gasteiger partial charge is 0.370 e. The number of hydrogen-bond donors (Lipinski definition) is 5. The number of alkyl halides is 1. The standard InChI is InChI=1S/C23H33ClN6O4S/c24-13-19(31)16(8-4-10-27-23(25)26)29-21(33)18-9-5-11-30(18)22(34)17(28-20(32)14-35)12-15-6-2-1-3-7-15/h1-3,6-7,16-18,35H,4-5,8-14H2,(H,28,32)(H,29,33)(H4,25,26,27)/t16-,17+,18-/m0/s1. The maximum Gasteiger partial charge on any atom is 0.246 e. The van der Waals surface area contributed by atoms with Gasteiger partial charge in [-0.15, -0.1) is 11.6 Å². The van der Waals surface area contributed by atoms with Crippen LogP contribution in [0.3, 0.4) is 0 Å². The van der Waals surface area contributed by atoms with E-state index in [1.807, 2.05) is 30.3 Å². The van der Waals surface area contributed by atoms with E-state index in [2.05, 4.69) is 28.3 Å². The first-order valence-electron chi connectivity index (χ1n) is 11.5. The highest BCUT2D eigenvalue weighted by molar-refractivity contribution is 7.81. The van der Waals surface area contributed by atoms with Crippen LogP contribution in [0.4, 0.5) is 0 Å². The van der Waals surface area contributed by atoms with E-state index in [0.29, 0.717) is 38.8 Å². The van der Waals surface area contributed by atoms with Crippen molar-refractivity contribution in [1.82, 2.24) is 15.5 Å². The molecule has 0 aliphatic carbocycles. The Morgan fingerprint density at radius 2 is 1.86 bits per heavy atom. The van der Waals surface area contributed by atoms with Crippen LogP contribution in [0.2, 0.25) is 0 Å². The Kier molecular flexibility index (Phi) is 11.8. The summed E-state index contributed by atoms with van der Waals surface area (Å²) in [5.41, 5.74) is 11.5. The minimum atomic E-state index is -0.842. The van der Waals surface area contributed by atoms with Gasteiger partial charge in [0.05, 0.1) is 17.7 Å². The summed E-state index contributed by atoms with van der Waals surface area (Å²) in [7, 11) is 0. The third-order valence-electron chi connectivity index (χ3n) is 5.68. The van der Waals surface area contributed by atoms with Gasteiger partial charge >= 0.3 is 0 Å². The van der Waals surface area contributed by atoms with Crippen molar-refractivity contribution in [3.8, 4) is 0 Å². The van der Waals surface area contributed by atoms with Crippen molar-refractivity contribution in [2.45, 2.75) is 50.2 Å². The quantitative estimate of drug-likeness (QED) is 0.0801. The average molecular weight is 525 g/mol. The average Bonchev–Trinajstić information content (AvgIpc) is 3.35. The number of nitrogens with one attached hydrogen (secondary N) is 2. The monoisotopic (exact) mass is 524 g/mol. The molecule has 0 saturated carbocycles. The van der Waals surface area contributed by atoms with Gasteiger partial charge < -0.3 is 27.0 Å². The van der Waals surface area contributed by atoms with E-state index < -0.39 is 24.0 Å². The van der Waals surface area contributed by atoms with E-state index >= 15 is 0 Å². The number of nitrogens with two attached hydrogens (primary N) is 2. The number of hydrogen-bond acceptors (Lipinski definition) is 6. The molecule has 2 rings (SSSR count). The molecule has 1 aromatic rings. The maximum atomic E-state index is 13.4. The number of rotatable bonds is 13. The lowest BCUT2D eigenvalue weighted by atomic mass is 10.0. The van der Waals surface area contributed by atoms with Gasteiger partial charge in [0.15, 0.2) is 11.7 Å². The van der Waals surface area contributed by atoms with E-state index in [1.54, 1.807) is 0 Å². The Bertz CT molecular complexity index is 913. The maximum absolute atomic E-state index is 13.4. The first-order valence-corrected chi connectivity index (χ1v) is 12.6. The van der Waals surface area contributed by atoms with Gasteiger partial charge in [-0.1, -0.05) is 30.3 Å². The van der Waals surface area contributed by atoms with Gasteiger partial charge in [0.25, 0.3) is 0 Å². The van der Waals surface area contributed by atoms with Crippen LogP contribution in [-0.4, -0.2) is 77.2 Å². The van der Waals surface area contributed by atoms with E-state index in [9.17, 15) is 19.2 Å². The second-order valence-electron chi connectivity index (χ2n) is 8.27. The fraction of sp³-hybridized carbons (Fsp3) is 0.522. The SMILES string of the molecule is NC(N)=NCCC[C@H](NC(=O)[C@@H]1CCCN1C(=O)[C@@H](Cc1ccccc1)NC(=O)CS)C(=O)CCl. The van der Waals surface area contributed by atoms with Gasteiger partial charge in [0, 0.05) is 19.5 Å². The first kappa shape index (κ1) is 28.4. The molecule has 1 aromatic carbocycles. The van der Waals surface area contributed by atoms with Crippen molar-refractivity contribution in [3.05, 3.63) is 35.9 Å². The van der Waals surface area contributed by atoms with Crippen LogP contribution in [0.15, 0.2) is 35.3 Å². The summed E-state index contributed by atoms with van der Waals surface area (Å²) in [5, 5.41) is 5.47. The Morgan fingerprint density at radius 3 is 2.49 bits per heavy atom. The third kappa shape index (κ3) is 9.06. The highest BCUT2D eigenvalue weighted by atomic mass is 35.5. The second-order valence-corrected chi connectivity index (χ2v) is 8.85. The van der Waals surface area contributed by atoms with Gasteiger partial charge in [-0.3, -0.25) is 24.2 Å². The van der Waals surface area contributed by atoms with Crippen LogP contribution in [0.25, 0.3) is 0 Å². The summed E-state index contributed by atoms with van der Waals surface area (Å²) in [6, 6.07) is 6.90. The summed E-state index contributed by atoms with van der Waals surface area (Å²) in [6.07, 6.45) is 2.13. The molecule has 3 atom stereocenters. The molecule has 0 aromatic heterocycles. The first-order chi connectivity index (χ1) is 16.8. The number of carbonyl (C=O) groups is 4. The number of aliphatic imine (C=N–C) groups is 1. The molecule has 1 aliphatic rings. The van der Waals surface area contributed by atoms with Crippen molar-refractivity contribution < 1.29 is 19.2 Å². The van der Waals surface area contributed by atoms with Crippen molar-refractivity contribution in [2.24, 2.45) is 16.5 Å². The van der Waals surface area contributed by atoms with Crippen LogP contribution in [-0.2, 0) is 25.6 Å². The molecule has 0 unspecified atom stereocenters. The predicted molar refractivity (Wildman–Crippen MR) is 138 cm³/mol. The molecular weight excluding hydrogens is 492 g/mol. The van der Waals surface area contributed by atoms with Gasteiger partial charge in [-0.25, -0.2) is 0 Å². The number of nitrogens with zero attached hydrogens (tertiary/aromatic N) is 2. The van der Waals surface area contributed by atoms with Crippen LogP contribution in [0.5, 0.6) is 0 Å². The Labute approximate surface area is 215 Å². The van der Waals surface area contributed by atoms with E-state index in [1.165, 1.54) is 4.90 Å². The normalized spacial score (nSPS) is 16.7. The molecule has 1 aliphatic heterocycles. The zero-order chi connectivity index (χ0) is 25.8. The lowest BCUT2D eigenvalue weighted by molar-refractivity contribution is -0.141. The minimum Gasteiger partial charge on any atom is -0.370 e. The number of Topliss-reactive ketones (excluding diaryl/α,β-unsaturated/α-hetero) is 1. The molecule has 1 heterocycles. The molecule has 3 amide bonds. The molecule has 1 saturated heterocycles. The zero-order valence-corrected chi connectivity index (χ0v) is 21.1. The number of amides is 3. The molecule has 0 bridgehead atoms. The molecule has 35 heavy (non-hydrogen) atoms. The number of guanidine groups is 1. The Hall–Kier alpha value is -2.79. The van der Waals surface area contributed by atoms with Gasteiger partial charge in [-0.05, 0) is 31.2 Å². The summed E-state index contributed by atoms with van der Waals surface area (Å²) >= 11 is 9.72. The summed E-state index contributed by atoms with van der Waals surface area (Å²) in [6.45, 7) is 0.682. The molecule has 12 heteroatoms. The minimum absolute atomic E-state index is 0.0515. The number of thiol groups is 1. The van der Waals surface area contributed by atoms with Crippen LogP contribution >= 0.6 is 24.2 Å². The topological polar surface area (TPSA) is 160 Å². The molecule has 6 N–H and O–H groups in total. The number of ketones is 1. The van der Waals surface area contributed by atoms with E-state index in [0.717, 1.165) is 5.56 Å². The van der Waals surface area contributed by atoms with E-state index in [4.69, 9.17) is 23.1 Å².